The van der Waals surface area contributed by atoms with Crippen LogP contribution in [0.5, 0.6) is 5.75 Å². The lowest BCUT2D eigenvalue weighted by atomic mass is 9.86. The molecule has 1 fully saturated rings. The lowest BCUT2D eigenvalue weighted by Gasteiger charge is -2.29. The van der Waals surface area contributed by atoms with Crippen molar-refractivity contribution in [3.8, 4) is 5.75 Å². The Balaban J connectivity index is 1.88. The van der Waals surface area contributed by atoms with Crippen molar-refractivity contribution in [3.63, 3.8) is 0 Å². The second kappa shape index (κ2) is 7.12. The molecule has 0 spiro atoms. The highest BCUT2D eigenvalue weighted by atomic mass is 79.9. The van der Waals surface area contributed by atoms with Crippen molar-refractivity contribution in [2.24, 2.45) is 17.6 Å². The molecule has 0 saturated carbocycles. The zero-order chi connectivity index (χ0) is 12.8. The molecule has 1 aliphatic heterocycles. The van der Waals surface area contributed by atoms with Gasteiger partial charge < -0.3 is 15.2 Å². The van der Waals surface area contributed by atoms with Crippen molar-refractivity contribution >= 4 is 15.9 Å². The van der Waals surface area contributed by atoms with E-state index in [4.69, 9.17) is 15.2 Å². The largest absolute Gasteiger partial charge is 0.492 e. The van der Waals surface area contributed by atoms with Crippen LogP contribution in [0.15, 0.2) is 28.7 Å². The van der Waals surface area contributed by atoms with Gasteiger partial charge in [-0.05, 0) is 53.4 Å². The smallest absolute Gasteiger partial charge is 0.133 e. The minimum atomic E-state index is 0.418. The monoisotopic (exact) mass is 313 g/mol. The van der Waals surface area contributed by atoms with Gasteiger partial charge in [0, 0.05) is 19.1 Å². The first kappa shape index (κ1) is 13.8. The number of benzene rings is 1. The van der Waals surface area contributed by atoms with Crippen LogP contribution < -0.4 is 10.5 Å². The number of ether oxygens (including phenoxy) is 2. The van der Waals surface area contributed by atoms with Crippen LogP contribution in [0.1, 0.15) is 12.8 Å². The summed E-state index contributed by atoms with van der Waals surface area (Å²) in [5.74, 6) is 1.94. The Morgan fingerprint density at radius 1 is 1.33 bits per heavy atom. The molecule has 18 heavy (non-hydrogen) atoms. The molecule has 1 atom stereocenters. The summed E-state index contributed by atoms with van der Waals surface area (Å²) >= 11 is 3.49. The summed E-state index contributed by atoms with van der Waals surface area (Å²) < 4.78 is 12.3. The van der Waals surface area contributed by atoms with Gasteiger partial charge in [-0.15, -0.1) is 0 Å². The first-order chi connectivity index (χ1) is 8.81. The highest BCUT2D eigenvalue weighted by Gasteiger charge is 2.23. The molecule has 1 aliphatic rings. The van der Waals surface area contributed by atoms with Gasteiger partial charge >= 0.3 is 0 Å². The first-order valence-corrected chi connectivity index (χ1v) is 7.25. The molecule has 1 aromatic rings. The molecule has 4 heteroatoms. The van der Waals surface area contributed by atoms with Crippen LogP contribution in [0.3, 0.4) is 0 Å². The van der Waals surface area contributed by atoms with E-state index in [0.717, 1.165) is 36.3 Å². The number of hydrogen-bond acceptors (Lipinski definition) is 3. The number of halogens is 1. The first-order valence-electron chi connectivity index (χ1n) is 6.46. The Labute approximate surface area is 117 Å². The van der Waals surface area contributed by atoms with E-state index >= 15 is 0 Å². The zero-order valence-electron chi connectivity index (χ0n) is 10.5. The predicted molar refractivity (Wildman–Crippen MR) is 75.7 cm³/mol. The fourth-order valence-corrected chi connectivity index (χ4v) is 2.74. The van der Waals surface area contributed by atoms with Crippen LogP contribution >= 0.6 is 15.9 Å². The van der Waals surface area contributed by atoms with E-state index in [1.165, 1.54) is 0 Å². The van der Waals surface area contributed by atoms with E-state index in [1.54, 1.807) is 0 Å². The number of nitrogens with two attached hydrogens (primary N) is 1. The number of hydrogen-bond donors (Lipinski definition) is 1. The molecule has 0 amide bonds. The quantitative estimate of drug-likeness (QED) is 0.909. The van der Waals surface area contributed by atoms with E-state index in [0.29, 0.717) is 25.0 Å². The Bertz CT molecular complexity index is 367. The molecule has 100 valence electrons. The van der Waals surface area contributed by atoms with Crippen molar-refractivity contribution < 1.29 is 9.47 Å². The molecule has 1 aromatic carbocycles. The average Bonchev–Trinajstić information content (AvgIpc) is 2.42. The summed E-state index contributed by atoms with van der Waals surface area (Å²) in [7, 11) is 0. The minimum absolute atomic E-state index is 0.418. The fourth-order valence-electron chi connectivity index (χ4n) is 2.34. The second-order valence-electron chi connectivity index (χ2n) is 4.69. The van der Waals surface area contributed by atoms with Gasteiger partial charge in [0.1, 0.15) is 5.75 Å². The van der Waals surface area contributed by atoms with E-state index in [2.05, 4.69) is 15.9 Å². The third kappa shape index (κ3) is 3.70. The van der Waals surface area contributed by atoms with Gasteiger partial charge in [0.15, 0.2) is 0 Å². The molecule has 3 nitrogen and oxygen atoms in total. The van der Waals surface area contributed by atoms with Gasteiger partial charge in [0.05, 0.1) is 11.1 Å². The molecule has 1 unspecified atom stereocenters. The summed E-state index contributed by atoms with van der Waals surface area (Å²) in [4.78, 5) is 0. The standard InChI is InChI=1S/C14H20BrNO2/c15-13-3-1-2-4-14(13)18-10-12(9-16)11-5-7-17-8-6-11/h1-4,11-12H,5-10,16H2. The molecule has 2 rings (SSSR count). The predicted octanol–water partition coefficient (Wildman–Crippen LogP) is 2.83. The van der Waals surface area contributed by atoms with Crippen LogP contribution in [0.25, 0.3) is 0 Å². The summed E-state index contributed by atoms with van der Waals surface area (Å²) in [5, 5.41) is 0. The maximum atomic E-state index is 5.88. The molecule has 0 radical (unpaired) electrons. The third-order valence-electron chi connectivity index (χ3n) is 3.52. The SMILES string of the molecule is NCC(COc1ccccc1Br)C1CCOCC1. The Hall–Kier alpha value is -0.580. The lowest BCUT2D eigenvalue weighted by Crippen LogP contribution is -2.32. The minimum Gasteiger partial charge on any atom is -0.492 e. The molecule has 0 aliphatic carbocycles. The second-order valence-corrected chi connectivity index (χ2v) is 5.54. The molecule has 2 N–H and O–H groups in total. The number of para-hydroxylation sites is 1. The van der Waals surface area contributed by atoms with Gasteiger partial charge in [-0.3, -0.25) is 0 Å². The fraction of sp³-hybridized carbons (Fsp3) is 0.571. The van der Waals surface area contributed by atoms with Crippen LogP contribution in [-0.2, 0) is 4.74 Å². The van der Waals surface area contributed by atoms with Gasteiger partial charge in [-0.1, -0.05) is 12.1 Å². The van der Waals surface area contributed by atoms with Crippen molar-refractivity contribution in [1.29, 1.82) is 0 Å². The Kier molecular flexibility index (Phi) is 5.47. The van der Waals surface area contributed by atoms with Crippen molar-refractivity contribution in [2.45, 2.75) is 12.8 Å². The van der Waals surface area contributed by atoms with Crippen molar-refractivity contribution in [1.82, 2.24) is 0 Å². The Morgan fingerprint density at radius 2 is 2.06 bits per heavy atom. The highest BCUT2D eigenvalue weighted by molar-refractivity contribution is 9.10. The van der Waals surface area contributed by atoms with E-state index in [9.17, 15) is 0 Å². The van der Waals surface area contributed by atoms with Gasteiger partial charge in [0.25, 0.3) is 0 Å². The highest BCUT2D eigenvalue weighted by Crippen LogP contribution is 2.27. The van der Waals surface area contributed by atoms with Gasteiger partial charge in [-0.2, -0.15) is 0 Å². The summed E-state index contributed by atoms with van der Waals surface area (Å²) in [6.07, 6.45) is 2.20. The maximum Gasteiger partial charge on any atom is 0.133 e. The number of rotatable bonds is 5. The molecule has 1 heterocycles. The topological polar surface area (TPSA) is 44.5 Å². The molecule has 0 bridgehead atoms. The Morgan fingerprint density at radius 3 is 2.72 bits per heavy atom. The molecular weight excluding hydrogens is 294 g/mol. The normalized spacial score (nSPS) is 18.6. The summed E-state index contributed by atoms with van der Waals surface area (Å²) in [6, 6.07) is 7.92. The van der Waals surface area contributed by atoms with E-state index in [1.807, 2.05) is 24.3 Å². The lowest BCUT2D eigenvalue weighted by molar-refractivity contribution is 0.0380. The summed E-state index contributed by atoms with van der Waals surface area (Å²) in [6.45, 7) is 3.07. The van der Waals surface area contributed by atoms with Crippen LogP contribution in [0.4, 0.5) is 0 Å². The summed E-state index contributed by atoms with van der Waals surface area (Å²) in [5.41, 5.74) is 5.87. The van der Waals surface area contributed by atoms with Gasteiger partial charge in [-0.25, -0.2) is 0 Å². The van der Waals surface area contributed by atoms with Crippen LogP contribution in [0, 0.1) is 11.8 Å². The zero-order valence-corrected chi connectivity index (χ0v) is 12.1. The van der Waals surface area contributed by atoms with Crippen molar-refractivity contribution in [2.75, 3.05) is 26.4 Å². The maximum absolute atomic E-state index is 5.88. The van der Waals surface area contributed by atoms with Gasteiger partial charge in [0.2, 0.25) is 0 Å². The molecular formula is C14H20BrNO2. The van der Waals surface area contributed by atoms with Crippen molar-refractivity contribution in [3.05, 3.63) is 28.7 Å². The molecule has 0 aromatic heterocycles. The van der Waals surface area contributed by atoms with Crippen LogP contribution in [-0.4, -0.2) is 26.4 Å². The molecule has 1 saturated heterocycles. The average molecular weight is 314 g/mol. The van der Waals surface area contributed by atoms with E-state index < -0.39 is 0 Å². The third-order valence-corrected chi connectivity index (χ3v) is 4.18. The van der Waals surface area contributed by atoms with E-state index in [-0.39, 0.29) is 0 Å². The van der Waals surface area contributed by atoms with Crippen LogP contribution in [0.2, 0.25) is 0 Å².